The van der Waals surface area contributed by atoms with E-state index >= 15 is 0 Å². The summed E-state index contributed by atoms with van der Waals surface area (Å²) in [6, 6.07) is 0. The average Bonchev–Trinajstić information content (AvgIpc) is 3.03. The van der Waals surface area contributed by atoms with Gasteiger partial charge in [0.2, 0.25) is 0 Å². The summed E-state index contributed by atoms with van der Waals surface area (Å²) in [6.07, 6.45) is 21.9. The van der Waals surface area contributed by atoms with Crippen molar-refractivity contribution in [2.75, 3.05) is 0 Å². The van der Waals surface area contributed by atoms with Gasteiger partial charge in [0.1, 0.15) is 0 Å². The van der Waals surface area contributed by atoms with Crippen molar-refractivity contribution in [1.29, 1.82) is 0 Å². The van der Waals surface area contributed by atoms with Gasteiger partial charge in [-0.15, -0.1) is 0 Å². The number of hydrogen-bond acceptors (Lipinski definition) is 4. The topological polar surface area (TPSA) is 149 Å². The van der Waals surface area contributed by atoms with Crippen LogP contribution in [0.2, 0.25) is 0 Å². The van der Waals surface area contributed by atoms with Crippen LogP contribution in [0.3, 0.4) is 0 Å². The minimum atomic E-state index is -1.27. The molecule has 0 aromatic heterocycles. The number of carboxylic acids is 4. The van der Waals surface area contributed by atoms with Gasteiger partial charge in [0.25, 0.3) is 0 Å². The maximum atomic E-state index is 11.0. The molecule has 0 bridgehead atoms. The van der Waals surface area contributed by atoms with Crippen LogP contribution in [0.25, 0.3) is 0 Å². The monoisotopic (exact) mass is 582 g/mol. The molecule has 8 nitrogen and oxygen atoms in total. The molecule has 0 radical (unpaired) electrons. The van der Waals surface area contributed by atoms with E-state index in [0.29, 0.717) is 12.8 Å². The van der Waals surface area contributed by atoms with Gasteiger partial charge in [-0.25, -0.2) is 0 Å². The molecule has 238 valence electrons. The molecule has 0 heterocycles. The molecule has 4 N–H and O–H groups in total. The Labute approximate surface area is 247 Å². The molecule has 4 unspecified atom stereocenters. The van der Waals surface area contributed by atoms with Crippen molar-refractivity contribution in [3.8, 4) is 0 Å². The zero-order valence-electron chi connectivity index (χ0n) is 25.7. The predicted octanol–water partition coefficient (Wildman–Crippen LogP) is 8.27. The first kappa shape index (κ1) is 36.9. The Bertz CT molecular complexity index is 738. The van der Waals surface area contributed by atoms with Crippen LogP contribution >= 0.6 is 0 Å². The van der Waals surface area contributed by atoms with E-state index in [0.717, 1.165) is 62.2 Å². The van der Waals surface area contributed by atoms with Crippen molar-refractivity contribution in [2.24, 2.45) is 35.5 Å². The van der Waals surface area contributed by atoms with Crippen molar-refractivity contribution < 1.29 is 39.6 Å². The molecule has 0 amide bonds. The molecule has 4 atom stereocenters. The Morgan fingerprint density at radius 3 is 1.32 bits per heavy atom. The molecule has 0 aromatic rings. The molecule has 1 aliphatic rings. The third-order valence-electron chi connectivity index (χ3n) is 9.70. The molecule has 41 heavy (non-hydrogen) atoms. The first-order valence-corrected chi connectivity index (χ1v) is 16.5. The van der Waals surface area contributed by atoms with E-state index in [4.69, 9.17) is 20.4 Å². The molecular weight excluding hydrogens is 524 g/mol. The largest absolute Gasteiger partial charge is 0.481 e. The van der Waals surface area contributed by atoms with E-state index in [1.54, 1.807) is 0 Å². The fourth-order valence-corrected chi connectivity index (χ4v) is 6.84. The molecular formula is C33H58O8. The van der Waals surface area contributed by atoms with E-state index in [1.165, 1.54) is 70.6 Å². The fourth-order valence-electron chi connectivity index (χ4n) is 6.84. The number of unbranched alkanes of at least 4 members (excludes halogenated alkanes) is 12. The molecule has 1 rings (SSSR count). The van der Waals surface area contributed by atoms with Crippen molar-refractivity contribution in [3.05, 3.63) is 0 Å². The van der Waals surface area contributed by atoms with Crippen LogP contribution in [0.4, 0.5) is 0 Å². The second kappa shape index (κ2) is 21.6. The van der Waals surface area contributed by atoms with E-state index in [9.17, 15) is 19.2 Å². The Kier molecular flexibility index (Phi) is 19.4. The summed E-state index contributed by atoms with van der Waals surface area (Å²) in [7, 11) is 0. The maximum Gasteiger partial charge on any atom is 0.317 e. The van der Waals surface area contributed by atoms with Gasteiger partial charge in [-0.2, -0.15) is 0 Å². The number of rotatable bonds is 24. The Balaban J connectivity index is 2.24. The third kappa shape index (κ3) is 15.6. The van der Waals surface area contributed by atoms with Crippen LogP contribution in [0.1, 0.15) is 149 Å². The summed E-state index contributed by atoms with van der Waals surface area (Å²) >= 11 is 0. The second-order valence-electron chi connectivity index (χ2n) is 12.8. The molecule has 1 saturated carbocycles. The van der Waals surface area contributed by atoms with Crippen molar-refractivity contribution >= 4 is 23.9 Å². The Hall–Kier alpha value is -2.12. The lowest BCUT2D eigenvalue weighted by atomic mass is 9.73. The highest BCUT2D eigenvalue weighted by Gasteiger charge is 2.32. The van der Waals surface area contributed by atoms with Crippen LogP contribution in [-0.4, -0.2) is 44.3 Å². The zero-order chi connectivity index (χ0) is 30.6. The first-order chi connectivity index (χ1) is 19.6. The molecule has 1 fully saturated rings. The highest BCUT2D eigenvalue weighted by Crippen LogP contribution is 2.42. The molecule has 0 saturated heterocycles. The van der Waals surface area contributed by atoms with E-state index < -0.39 is 35.7 Å². The maximum absolute atomic E-state index is 11.0. The van der Waals surface area contributed by atoms with Gasteiger partial charge in [-0.05, 0) is 42.9 Å². The molecule has 8 heteroatoms. The second-order valence-corrected chi connectivity index (χ2v) is 12.8. The standard InChI is InChI=1S/C33H58O8/c1-24-18-17-20-26(19-13-9-5-3-7-11-15-22-28(30(34)35)31(36)37)27(25(24)2)21-14-10-6-4-8-12-16-23-29(32(38)39)33(40)41/h24-29H,3-23H2,1-2H3,(H,34,35)(H,36,37)(H,38,39)(H,40,41). The van der Waals surface area contributed by atoms with Gasteiger partial charge < -0.3 is 20.4 Å². The van der Waals surface area contributed by atoms with Crippen molar-refractivity contribution in [3.63, 3.8) is 0 Å². The quantitative estimate of drug-likeness (QED) is 0.0504. The lowest BCUT2D eigenvalue weighted by Crippen LogP contribution is -2.24. The van der Waals surface area contributed by atoms with E-state index in [-0.39, 0.29) is 12.8 Å². The third-order valence-corrected chi connectivity index (χ3v) is 9.70. The summed E-state index contributed by atoms with van der Waals surface area (Å²) in [6.45, 7) is 4.89. The summed E-state index contributed by atoms with van der Waals surface area (Å²) in [4.78, 5) is 43.9. The predicted molar refractivity (Wildman–Crippen MR) is 160 cm³/mol. The molecule has 0 aliphatic heterocycles. The Morgan fingerprint density at radius 1 is 0.537 bits per heavy atom. The van der Waals surface area contributed by atoms with Crippen LogP contribution < -0.4 is 0 Å². The molecule has 1 aliphatic carbocycles. The minimum Gasteiger partial charge on any atom is -0.481 e. The highest BCUT2D eigenvalue weighted by atomic mass is 16.4. The molecule has 0 spiro atoms. The lowest BCUT2D eigenvalue weighted by molar-refractivity contribution is -0.156. The summed E-state index contributed by atoms with van der Waals surface area (Å²) < 4.78 is 0. The summed E-state index contributed by atoms with van der Waals surface area (Å²) in [5, 5.41) is 35.8. The summed E-state index contributed by atoms with van der Waals surface area (Å²) in [5.74, 6) is -4.34. The van der Waals surface area contributed by atoms with E-state index in [2.05, 4.69) is 13.8 Å². The van der Waals surface area contributed by atoms with Gasteiger partial charge in [0.05, 0.1) is 0 Å². The fraction of sp³-hybridized carbons (Fsp3) is 0.879. The lowest BCUT2D eigenvalue weighted by Gasteiger charge is -2.32. The SMILES string of the molecule is CC1CCCC(CCCCCCCCCC(C(=O)O)C(=O)O)C(CCCCCCCCCC(C(=O)O)C(=O)O)C1C. The number of hydrogen-bond donors (Lipinski definition) is 4. The number of carboxylic acid groups (broad SMARTS) is 4. The van der Waals surface area contributed by atoms with Crippen molar-refractivity contribution in [2.45, 2.75) is 149 Å². The number of aliphatic carboxylic acids is 4. The van der Waals surface area contributed by atoms with Crippen LogP contribution in [0.5, 0.6) is 0 Å². The van der Waals surface area contributed by atoms with Crippen LogP contribution in [-0.2, 0) is 19.2 Å². The zero-order valence-corrected chi connectivity index (χ0v) is 25.7. The first-order valence-electron chi connectivity index (χ1n) is 16.5. The van der Waals surface area contributed by atoms with E-state index in [1.807, 2.05) is 0 Å². The van der Waals surface area contributed by atoms with Gasteiger partial charge >= 0.3 is 23.9 Å². The average molecular weight is 583 g/mol. The molecule has 0 aromatic carbocycles. The number of carbonyl (C=O) groups is 4. The van der Waals surface area contributed by atoms with Gasteiger partial charge in [0.15, 0.2) is 11.8 Å². The smallest absolute Gasteiger partial charge is 0.317 e. The van der Waals surface area contributed by atoms with Gasteiger partial charge in [-0.3, -0.25) is 19.2 Å². The highest BCUT2D eigenvalue weighted by molar-refractivity contribution is 5.93. The van der Waals surface area contributed by atoms with Crippen LogP contribution in [0.15, 0.2) is 0 Å². The van der Waals surface area contributed by atoms with Crippen LogP contribution in [0, 0.1) is 35.5 Å². The summed E-state index contributed by atoms with van der Waals surface area (Å²) in [5.41, 5.74) is 0. The Morgan fingerprint density at radius 2 is 0.902 bits per heavy atom. The van der Waals surface area contributed by atoms with Crippen molar-refractivity contribution in [1.82, 2.24) is 0 Å². The normalized spacial score (nSPS) is 21.2. The van der Waals surface area contributed by atoms with Gasteiger partial charge in [-0.1, -0.05) is 129 Å². The van der Waals surface area contributed by atoms with Gasteiger partial charge in [0, 0.05) is 0 Å². The minimum absolute atomic E-state index is 0.216.